The van der Waals surface area contributed by atoms with Crippen LogP contribution in [0.1, 0.15) is 48.0 Å². The van der Waals surface area contributed by atoms with Crippen LogP contribution in [0.5, 0.6) is 0 Å². The molecule has 7 nitrogen and oxygen atoms in total. The Bertz CT molecular complexity index is 1320. The maximum atomic E-state index is 14.9. The van der Waals surface area contributed by atoms with Gasteiger partial charge >= 0.3 is 12.0 Å². The molecule has 0 aromatic heterocycles. The largest absolute Gasteiger partial charge is 0.465 e. The van der Waals surface area contributed by atoms with E-state index < -0.39 is 17.8 Å². The monoisotopic (exact) mass is 544 g/mol. The van der Waals surface area contributed by atoms with Crippen molar-refractivity contribution in [3.05, 3.63) is 83.7 Å². The van der Waals surface area contributed by atoms with Crippen molar-refractivity contribution >= 4 is 23.4 Å². The average molecular weight is 545 g/mol. The summed E-state index contributed by atoms with van der Waals surface area (Å²) in [5.41, 5.74) is 3.70. The summed E-state index contributed by atoms with van der Waals surface area (Å²) in [6.45, 7) is 4.62. The van der Waals surface area contributed by atoms with Crippen LogP contribution in [0.2, 0.25) is 0 Å². The highest BCUT2D eigenvalue weighted by molar-refractivity contribution is 5.97. The number of carbonyl (C=O) groups excluding carboxylic acids is 2. The minimum atomic E-state index is -0.483. The maximum Gasteiger partial charge on any atom is 0.338 e. The van der Waals surface area contributed by atoms with Crippen molar-refractivity contribution in [2.24, 2.45) is 0 Å². The highest BCUT2D eigenvalue weighted by Crippen LogP contribution is 2.27. The van der Waals surface area contributed by atoms with Gasteiger partial charge in [-0.05, 0) is 86.3 Å². The number of nitrogens with zero attached hydrogens (tertiary/aromatic N) is 2. The molecule has 2 aliphatic rings. The second kappa shape index (κ2) is 13.0. The van der Waals surface area contributed by atoms with Crippen molar-refractivity contribution in [2.45, 2.75) is 44.7 Å². The molecule has 2 amide bonds. The molecule has 210 valence electrons. The lowest BCUT2D eigenvalue weighted by Crippen LogP contribution is -2.46. The first-order chi connectivity index (χ1) is 19.5. The molecule has 0 radical (unpaired) electrons. The van der Waals surface area contributed by atoms with Crippen LogP contribution in [0.15, 0.2) is 66.7 Å². The van der Waals surface area contributed by atoms with Crippen LogP contribution in [0, 0.1) is 5.82 Å². The third kappa shape index (κ3) is 6.62. The van der Waals surface area contributed by atoms with Gasteiger partial charge in [0.2, 0.25) is 0 Å². The first kappa shape index (κ1) is 27.6. The topological polar surface area (TPSA) is 73.9 Å². The van der Waals surface area contributed by atoms with E-state index in [0.717, 1.165) is 13.1 Å². The number of halogens is 1. The van der Waals surface area contributed by atoms with E-state index in [2.05, 4.69) is 20.4 Å². The van der Waals surface area contributed by atoms with Gasteiger partial charge in [-0.2, -0.15) is 0 Å². The molecule has 2 N–H and O–H groups in total. The number of carbonyl (C=O) groups is 2. The zero-order valence-electron chi connectivity index (χ0n) is 23.0. The zero-order valence-corrected chi connectivity index (χ0v) is 23.0. The Morgan fingerprint density at radius 2 is 1.65 bits per heavy atom. The number of amides is 2. The summed E-state index contributed by atoms with van der Waals surface area (Å²) in [6.07, 6.45) is 6.41. The first-order valence-electron chi connectivity index (χ1n) is 14.1. The average Bonchev–Trinajstić information content (AvgIpc) is 3.01. The Hall–Kier alpha value is -3.91. The number of benzene rings is 3. The van der Waals surface area contributed by atoms with E-state index in [1.807, 2.05) is 24.3 Å². The summed E-state index contributed by atoms with van der Waals surface area (Å²) in [5, 5.41) is 5.55. The number of rotatable bonds is 7. The van der Waals surface area contributed by atoms with Gasteiger partial charge in [0.25, 0.3) is 0 Å². The SMILES string of the molecule is COC(=O)c1ccccc1-c1ccc(CNC(=O)Nc2ccc(N3CCC(N4CCCCC4)CC3)cc2)c(F)c1. The molecule has 8 heteroatoms. The number of likely N-dealkylation sites (tertiary alicyclic amines) is 1. The van der Waals surface area contributed by atoms with Gasteiger partial charge in [-0.25, -0.2) is 14.0 Å². The van der Waals surface area contributed by atoms with Gasteiger partial charge in [-0.15, -0.1) is 0 Å². The summed E-state index contributed by atoms with van der Waals surface area (Å²) < 4.78 is 19.7. The van der Waals surface area contributed by atoms with E-state index in [-0.39, 0.29) is 6.54 Å². The van der Waals surface area contributed by atoms with Crippen molar-refractivity contribution in [1.29, 1.82) is 0 Å². The van der Waals surface area contributed by atoms with Crippen molar-refractivity contribution in [3.63, 3.8) is 0 Å². The summed E-state index contributed by atoms with van der Waals surface area (Å²) >= 11 is 0. The molecule has 3 aromatic carbocycles. The zero-order chi connectivity index (χ0) is 27.9. The molecule has 3 aromatic rings. The molecule has 0 unspecified atom stereocenters. The Morgan fingerprint density at radius 3 is 2.35 bits per heavy atom. The summed E-state index contributed by atoms with van der Waals surface area (Å²) in [6, 6.07) is 19.8. The van der Waals surface area contributed by atoms with Crippen LogP contribution >= 0.6 is 0 Å². The molecule has 0 spiro atoms. The van der Waals surface area contributed by atoms with Gasteiger partial charge in [0.15, 0.2) is 0 Å². The Morgan fingerprint density at radius 1 is 0.925 bits per heavy atom. The number of anilines is 2. The predicted octanol–water partition coefficient (Wildman–Crippen LogP) is 6.06. The maximum absolute atomic E-state index is 14.9. The molecular weight excluding hydrogens is 507 g/mol. The first-order valence-corrected chi connectivity index (χ1v) is 14.1. The van der Waals surface area contributed by atoms with E-state index in [0.29, 0.717) is 34.0 Å². The van der Waals surface area contributed by atoms with Gasteiger partial charge in [0.05, 0.1) is 12.7 Å². The van der Waals surface area contributed by atoms with Crippen LogP contribution in [0.25, 0.3) is 11.1 Å². The van der Waals surface area contributed by atoms with E-state index in [9.17, 15) is 14.0 Å². The van der Waals surface area contributed by atoms with Gasteiger partial charge in [0, 0.05) is 42.6 Å². The lowest BCUT2D eigenvalue weighted by atomic mass is 9.98. The van der Waals surface area contributed by atoms with Crippen LogP contribution in [-0.2, 0) is 11.3 Å². The third-order valence-corrected chi connectivity index (χ3v) is 8.00. The fourth-order valence-electron chi connectivity index (χ4n) is 5.76. The van der Waals surface area contributed by atoms with Crippen LogP contribution in [0.3, 0.4) is 0 Å². The summed E-state index contributed by atoms with van der Waals surface area (Å²) in [7, 11) is 1.31. The number of ether oxygens (including phenoxy) is 1. The van der Waals surface area contributed by atoms with Crippen molar-refractivity contribution in [2.75, 3.05) is 43.5 Å². The Labute approximate surface area is 235 Å². The second-order valence-corrected chi connectivity index (χ2v) is 10.5. The van der Waals surface area contributed by atoms with Gasteiger partial charge in [0.1, 0.15) is 5.82 Å². The minimum Gasteiger partial charge on any atom is -0.465 e. The molecule has 2 fully saturated rings. The predicted molar refractivity (Wildman–Crippen MR) is 156 cm³/mol. The van der Waals surface area contributed by atoms with Crippen molar-refractivity contribution in [3.8, 4) is 11.1 Å². The molecule has 0 bridgehead atoms. The fourth-order valence-corrected chi connectivity index (χ4v) is 5.76. The van der Waals surface area contributed by atoms with Crippen molar-refractivity contribution < 1.29 is 18.7 Å². The Kier molecular flexibility index (Phi) is 8.96. The van der Waals surface area contributed by atoms with Crippen LogP contribution in [0.4, 0.5) is 20.6 Å². The molecule has 2 heterocycles. The fraction of sp³-hybridized carbons (Fsp3) is 0.375. The van der Waals surface area contributed by atoms with Crippen LogP contribution < -0.4 is 15.5 Å². The number of urea groups is 1. The summed E-state index contributed by atoms with van der Waals surface area (Å²) in [5.74, 6) is -0.949. The molecule has 40 heavy (non-hydrogen) atoms. The molecule has 5 rings (SSSR count). The van der Waals surface area contributed by atoms with E-state index in [1.165, 1.54) is 64.1 Å². The molecule has 2 saturated heterocycles. The van der Waals surface area contributed by atoms with Crippen LogP contribution in [-0.4, -0.2) is 56.2 Å². The lowest BCUT2D eigenvalue weighted by molar-refractivity contribution is 0.0601. The molecule has 0 atom stereocenters. The number of nitrogens with one attached hydrogen (secondary N) is 2. The molecule has 0 saturated carbocycles. The number of hydrogen-bond donors (Lipinski definition) is 2. The van der Waals surface area contributed by atoms with E-state index in [4.69, 9.17) is 4.74 Å². The van der Waals surface area contributed by atoms with Crippen molar-refractivity contribution in [1.82, 2.24) is 10.2 Å². The lowest BCUT2D eigenvalue weighted by Gasteiger charge is -2.41. The smallest absolute Gasteiger partial charge is 0.338 e. The third-order valence-electron chi connectivity index (χ3n) is 8.00. The second-order valence-electron chi connectivity index (χ2n) is 10.5. The quantitative estimate of drug-likeness (QED) is 0.354. The summed E-state index contributed by atoms with van der Waals surface area (Å²) in [4.78, 5) is 29.7. The van der Waals surface area contributed by atoms with E-state index in [1.54, 1.807) is 36.4 Å². The molecule has 2 aliphatic heterocycles. The highest BCUT2D eigenvalue weighted by atomic mass is 19.1. The van der Waals surface area contributed by atoms with Gasteiger partial charge in [-0.1, -0.05) is 36.8 Å². The Balaban J connectivity index is 1.12. The normalized spacial score (nSPS) is 16.4. The van der Waals surface area contributed by atoms with E-state index >= 15 is 0 Å². The standard InChI is InChI=1S/C32H37FN4O3/c1-40-31(38)29-8-4-3-7-28(29)23-9-10-24(30(33)21-23)22-34-32(39)35-25-11-13-26(14-12-25)37-19-15-27(16-20-37)36-17-5-2-6-18-36/h3-4,7-14,21,27H,2,5-6,15-20,22H2,1H3,(H2,34,35,39). The highest BCUT2D eigenvalue weighted by Gasteiger charge is 2.25. The minimum absolute atomic E-state index is 0.0284. The number of esters is 1. The van der Waals surface area contributed by atoms with Gasteiger partial charge < -0.3 is 25.2 Å². The van der Waals surface area contributed by atoms with Gasteiger partial charge in [-0.3, -0.25) is 0 Å². The number of methoxy groups -OCH3 is 1. The number of hydrogen-bond acceptors (Lipinski definition) is 5. The molecule has 0 aliphatic carbocycles. The molecular formula is C32H37FN4O3. The number of piperidine rings is 2.